The van der Waals surface area contributed by atoms with Gasteiger partial charge in [0, 0.05) is 26.6 Å². The molecule has 1 unspecified atom stereocenters. The first-order valence-electron chi connectivity index (χ1n) is 9.40. The summed E-state index contributed by atoms with van der Waals surface area (Å²) in [4.78, 5) is 15.1. The number of para-hydroxylation sites is 1. The van der Waals surface area contributed by atoms with Crippen molar-refractivity contribution in [2.75, 3.05) is 6.61 Å². The number of ether oxygens (including phenoxy) is 1. The molecule has 4 nitrogen and oxygen atoms in total. The van der Waals surface area contributed by atoms with Gasteiger partial charge in [-0.15, -0.1) is 0 Å². The summed E-state index contributed by atoms with van der Waals surface area (Å²) in [7, 11) is 0. The topological polar surface area (TPSA) is 62.3 Å². The molecule has 4 rings (SSSR count). The number of aromatic nitrogens is 1. The minimum atomic E-state index is -0.860. The predicted molar refractivity (Wildman–Crippen MR) is 112 cm³/mol. The third-order valence-corrected chi connectivity index (χ3v) is 5.99. The Bertz CT molecular complexity index is 1060. The Morgan fingerprint density at radius 3 is 2.79 bits per heavy atom. The molecule has 2 heterocycles. The average Bonchev–Trinajstić information content (AvgIpc) is 3.02. The van der Waals surface area contributed by atoms with Crippen LogP contribution >= 0.6 is 23.2 Å². The van der Waals surface area contributed by atoms with E-state index in [1.165, 1.54) is 0 Å². The standard InChI is InChI=1S/C22H21Cl2NO3/c1-2-9-22(12-19(26)27)21-17(8-10-28-22)16-5-3-4-15(20(16)25-21)14-7-6-13(23)11-18(14)24/h3-7,11,25H,2,8-10,12H2,1H3,(H,26,27). The second kappa shape index (κ2) is 7.43. The molecule has 6 heteroatoms. The monoisotopic (exact) mass is 417 g/mol. The molecule has 3 aromatic rings. The number of hydrogen-bond acceptors (Lipinski definition) is 2. The zero-order chi connectivity index (χ0) is 19.9. The summed E-state index contributed by atoms with van der Waals surface area (Å²) in [6.07, 6.45) is 2.17. The molecule has 1 atom stereocenters. The smallest absolute Gasteiger partial charge is 0.306 e. The summed E-state index contributed by atoms with van der Waals surface area (Å²) < 4.78 is 6.10. The molecule has 1 aliphatic rings. The number of hydrogen-bond donors (Lipinski definition) is 2. The number of carbonyl (C=O) groups is 1. The van der Waals surface area contributed by atoms with Crippen molar-refractivity contribution in [1.29, 1.82) is 0 Å². The normalized spacial score (nSPS) is 19.0. The highest BCUT2D eigenvalue weighted by Crippen LogP contribution is 2.44. The summed E-state index contributed by atoms with van der Waals surface area (Å²) in [6.45, 7) is 2.56. The fourth-order valence-electron chi connectivity index (χ4n) is 4.35. The lowest BCUT2D eigenvalue weighted by atomic mass is 9.85. The predicted octanol–water partition coefficient (Wildman–Crippen LogP) is 6.18. The Balaban J connectivity index is 1.95. The first-order valence-corrected chi connectivity index (χ1v) is 10.2. The van der Waals surface area contributed by atoms with Crippen LogP contribution in [0.3, 0.4) is 0 Å². The maximum absolute atomic E-state index is 11.6. The van der Waals surface area contributed by atoms with Gasteiger partial charge >= 0.3 is 5.97 Å². The molecule has 0 fully saturated rings. The lowest BCUT2D eigenvalue weighted by Crippen LogP contribution is -2.37. The molecule has 0 amide bonds. The number of halogens is 2. The van der Waals surface area contributed by atoms with Crippen molar-refractivity contribution < 1.29 is 14.6 Å². The second-order valence-electron chi connectivity index (χ2n) is 7.24. The van der Waals surface area contributed by atoms with Crippen molar-refractivity contribution in [3.05, 3.63) is 57.7 Å². The van der Waals surface area contributed by atoms with Gasteiger partial charge in [-0.25, -0.2) is 0 Å². The third-order valence-electron chi connectivity index (χ3n) is 5.44. The number of rotatable bonds is 5. The molecule has 0 aliphatic carbocycles. The number of carboxylic acids is 1. The van der Waals surface area contributed by atoms with E-state index in [9.17, 15) is 9.90 Å². The van der Waals surface area contributed by atoms with Crippen LogP contribution in [-0.2, 0) is 21.6 Å². The van der Waals surface area contributed by atoms with Crippen LogP contribution < -0.4 is 0 Å². The molecule has 0 spiro atoms. The number of fused-ring (bicyclic) bond motifs is 3. The van der Waals surface area contributed by atoms with Gasteiger partial charge in [0.2, 0.25) is 0 Å². The highest BCUT2D eigenvalue weighted by molar-refractivity contribution is 6.36. The van der Waals surface area contributed by atoms with E-state index >= 15 is 0 Å². The fourth-order valence-corrected chi connectivity index (χ4v) is 4.86. The van der Waals surface area contributed by atoms with Crippen molar-refractivity contribution in [2.24, 2.45) is 0 Å². The molecular formula is C22H21Cl2NO3. The van der Waals surface area contributed by atoms with Crippen LogP contribution in [-0.4, -0.2) is 22.7 Å². The number of nitrogens with one attached hydrogen (secondary N) is 1. The van der Waals surface area contributed by atoms with Gasteiger partial charge in [0.15, 0.2) is 0 Å². The summed E-state index contributed by atoms with van der Waals surface area (Å²) in [6, 6.07) is 11.5. The molecular weight excluding hydrogens is 397 g/mol. The van der Waals surface area contributed by atoms with E-state index < -0.39 is 11.6 Å². The summed E-state index contributed by atoms with van der Waals surface area (Å²) in [5, 5.41) is 11.8. The van der Waals surface area contributed by atoms with E-state index in [4.69, 9.17) is 27.9 Å². The van der Waals surface area contributed by atoms with Gasteiger partial charge in [-0.1, -0.05) is 60.8 Å². The van der Waals surface area contributed by atoms with Crippen LogP contribution in [0.25, 0.3) is 22.0 Å². The molecule has 1 aliphatic heterocycles. The van der Waals surface area contributed by atoms with E-state index in [1.54, 1.807) is 6.07 Å². The minimum absolute atomic E-state index is 0.0578. The van der Waals surface area contributed by atoms with Crippen molar-refractivity contribution in [1.82, 2.24) is 4.98 Å². The van der Waals surface area contributed by atoms with Crippen molar-refractivity contribution in [2.45, 2.75) is 38.2 Å². The molecule has 0 saturated heterocycles. The largest absolute Gasteiger partial charge is 0.481 e. The minimum Gasteiger partial charge on any atom is -0.481 e. The van der Waals surface area contributed by atoms with E-state index in [0.717, 1.165) is 46.1 Å². The van der Waals surface area contributed by atoms with Crippen LogP contribution in [0.4, 0.5) is 0 Å². The Hall–Kier alpha value is -2.01. The van der Waals surface area contributed by atoms with Gasteiger partial charge < -0.3 is 14.8 Å². The van der Waals surface area contributed by atoms with Crippen LogP contribution in [0.1, 0.15) is 37.4 Å². The zero-order valence-electron chi connectivity index (χ0n) is 15.5. The van der Waals surface area contributed by atoms with Crippen LogP contribution in [0.5, 0.6) is 0 Å². The maximum Gasteiger partial charge on any atom is 0.306 e. The van der Waals surface area contributed by atoms with E-state index in [-0.39, 0.29) is 6.42 Å². The average molecular weight is 418 g/mol. The van der Waals surface area contributed by atoms with Gasteiger partial charge in [-0.05, 0) is 30.5 Å². The maximum atomic E-state index is 11.6. The quantitative estimate of drug-likeness (QED) is 0.520. The highest BCUT2D eigenvalue weighted by atomic mass is 35.5. The van der Waals surface area contributed by atoms with Crippen molar-refractivity contribution >= 4 is 40.1 Å². The van der Waals surface area contributed by atoms with Crippen molar-refractivity contribution in [3.63, 3.8) is 0 Å². The summed E-state index contributed by atoms with van der Waals surface area (Å²) in [5.41, 5.74) is 4.00. The van der Waals surface area contributed by atoms with Gasteiger partial charge in [0.25, 0.3) is 0 Å². The number of benzene rings is 2. The Morgan fingerprint density at radius 1 is 1.25 bits per heavy atom. The van der Waals surface area contributed by atoms with Crippen molar-refractivity contribution in [3.8, 4) is 11.1 Å². The fraction of sp³-hybridized carbons (Fsp3) is 0.318. The molecule has 146 valence electrons. The number of aromatic amines is 1. The van der Waals surface area contributed by atoms with Crippen LogP contribution in [0.2, 0.25) is 10.0 Å². The Labute approximate surface area is 173 Å². The zero-order valence-corrected chi connectivity index (χ0v) is 17.0. The Kier molecular flexibility index (Phi) is 5.13. The molecule has 0 radical (unpaired) electrons. The summed E-state index contributed by atoms with van der Waals surface area (Å²) in [5.74, 6) is -0.860. The number of H-pyrrole nitrogens is 1. The summed E-state index contributed by atoms with van der Waals surface area (Å²) >= 11 is 12.5. The molecule has 2 aromatic carbocycles. The van der Waals surface area contributed by atoms with Gasteiger partial charge in [-0.3, -0.25) is 4.79 Å². The van der Waals surface area contributed by atoms with Gasteiger partial charge in [0.1, 0.15) is 5.60 Å². The number of aliphatic carboxylic acids is 1. The molecule has 28 heavy (non-hydrogen) atoms. The number of carboxylic acid groups (broad SMARTS) is 1. The molecule has 2 N–H and O–H groups in total. The molecule has 0 saturated carbocycles. The molecule has 0 bridgehead atoms. The van der Waals surface area contributed by atoms with Gasteiger partial charge in [0.05, 0.1) is 24.2 Å². The first-order chi connectivity index (χ1) is 13.4. The lowest BCUT2D eigenvalue weighted by molar-refractivity contribution is -0.149. The first kappa shape index (κ1) is 19.3. The highest BCUT2D eigenvalue weighted by Gasteiger charge is 2.41. The lowest BCUT2D eigenvalue weighted by Gasteiger charge is -2.36. The third kappa shape index (κ3) is 3.20. The van der Waals surface area contributed by atoms with Crippen LogP contribution in [0.15, 0.2) is 36.4 Å². The van der Waals surface area contributed by atoms with E-state index in [1.807, 2.05) is 31.2 Å². The molecule has 1 aromatic heterocycles. The van der Waals surface area contributed by atoms with Crippen LogP contribution in [0, 0.1) is 0 Å². The SMILES string of the molecule is CCCC1(CC(=O)O)OCCc2c1[nH]c1c(-c3ccc(Cl)cc3Cl)cccc21. The van der Waals surface area contributed by atoms with E-state index in [2.05, 4.69) is 11.1 Å². The second-order valence-corrected chi connectivity index (χ2v) is 8.09. The Morgan fingerprint density at radius 2 is 2.07 bits per heavy atom. The van der Waals surface area contributed by atoms with E-state index in [0.29, 0.717) is 23.1 Å². The van der Waals surface area contributed by atoms with Gasteiger partial charge in [-0.2, -0.15) is 0 Å².